The number of hydrogen-bond donors (Lipinski definition) is 1. The molecule has 1 heterocycles. The number of carbonyl (C=O) groups is 1. The van der Waals surface area contributed by atoms with Gasteiger partial charge >= 0.3 is 0 Å². The van der Waals surface area contributed by atoms with Crippen molar-refractivity contribution in [3.63, 3.8) is 0 Å². The highest BCUT2D eigenvalue weighted by Crippen LogP contribution is 2.14. The molecular weight excluding hydrogens is 120 g/mol. The molecule has 1 aliphatic heterocycles. The van der Waals surface area contributed by atoms with Gasteiger partial charge in [0.2, 0.25) is 0 Å². The van der Waals surface area contributed by atoms with E-state index in [0.29, 0.717) is 19.4 Å². The number of ether oxygens (including phenoxy) is 1. The molecule has 1 saturated heterocycles. The molecule has 3 heteroatoms. The van der Waals surface area contributed by atoms with Crippen LogP contribution in [0.1, 0.15) is 12.8 Å². The molecule has 0 spiro atoms. The van der Waals surface area contributed by atoms with E-state index in [0.717, 1.165) is 6.29 Å². The third kappa shape index (κ3) is 1.77. The summed E-state index contributed by atoms with van der Waals surface area (Å²) in [6, 6.07) is 0. The van der Waals surface area contributed by atoms with Gasteiger partial charge < -0.3 is 14.6 Å². The Hall–Kier alpha value is -0.410. The molecule has 0 aromatic carbocycles. The van der Waals surface area contributed by atoms with Crippen LogP contribution >= 0.6 is 0 Å². The van der Waals surface area contributed by atoms with Crippen molar-refractivity contribution in [2.75, 3.05) is 6.61 Å². The lowest BCUT2D eigenvalue weighted by Gasteiger charge is -2.00. The normalized spacial score (nSPS) is 34.8. The molecule has 2 atom stereocenters. The van der Waals surface area contributed by atoms with Crippen LogP contribution in [0.5, 0.6) is 0 Å². The lowest BCUT2D eigenvalue weighted by molar-refractivity contribution is -0.109. The quantitative estimate of drug-likeness (QED) is 0.523. The van der Waals surface area contributed by atoms with Gasteiger partial charge in [0.05, 0.1) is 18.8 Å². The van der Waals surface area contributed by atoms with E-state index in [2.05, 4.69) is 0 Å². The third-order valence-electron chi connectivity index (χ3n) is 1.42. The minimum absolute atomic E-state index is 0.0301. The Bertz CT molecular complexity index is 102. The molecule has 1 fully saturated rings. The maximum Gasteiger partial charge on any atom is 0.122 e. The average Bonchev–Trinajstić information content (AvgIpc) is 2.17. The Labute approximate surface area is 53.6 Å². The second-order valence-corrected chi connectivity index (χ2v) is 2.25. The molecule has 0 aliphatic carbocycles. The van der Waals surface area contributed by atoms with E-state index in [9.17, 15) is 4.79 Å². The standard InChI is InChI=1S/C6H10O3/c7-2-1-6-3-5(8)4-9-6/h2,5-6,8H,1,3-4H2. The Morgan fingerprint density at radius 2 is 2.56 bits per heavy atom. The Morgan fingerprint density at radius 3 is 3.00 bits per heavy atom. The summed E-state index contributed by atoms with van der Waals surface area (Å²) in [5.41, 5.74) is 0. The summed E-state index contributed by atoms with van der Waals surface area (Å²) in [6.45, 7) is 0.387. The fourth-order valence-electron chi connectivity index (χ4n) is 0.958. The summed E-state index contributed by atoms with van der Waals surface area (Å²) < 4.78 is 5.02. The smallest absolute Gasteiger partial charge is 0.122 e. The number of aldehydes is 1. The molecule has 3 nitrogen and oxygen atoms in total. The number of aliphatic hydroxyl groups is 1. The van der Waals surface area contributed by atoms with Crippen LogP contribution in [0.4, 0.5) is 0 Å². The topological polar surface area (TPSA) is 46.5 Å². The number of rotatable bonds is 2. The lowest BCUT2D eigenvalue weighted by atomic mass is 10.2. The van der Waals surface area contributed by atoms with Crippen molar-refractivity contribution in [1.29, 1.82) is 0 Å². The first-order valence-corrected chi connectivity index (χ1v) is 3.06. The Morgan fingerprint density at radius 1 is 1.78 bits per heavy atom. The van der Waals surface area contributed by atoms with E-state index in [1.807, 2.05) is 0 Å². The Kier molecular flexibility index (Phi) is 2.19. The fraction of sp³-hybridized carbons (Fsp3) is 0.833. The Balaban J connectivity index is 2.21. The molecule has 0 amide bonds. The van der Waals surface area contributed by atoms with Crippen LogP contribution in [0.3, 0.4) is 0 Å². The van der Waals surface area contributed by atoms with Gasteiger partial charge in [-0.3, -0.25) is 0 Å². The summed E-state index contributed by atoms with van der Waals surface area (Å²) in [7, 11) is 0. The largest absolute Gasteiger partial charge is 0.391 e. The molecule has 0 radical (unpaired) electrons. The van der Waals surface area contributed by atoms with Crippen LogP contribution in [-0.4, -0.2) is 30.2 Å². The second-order valence-electron chi connectivity index (χ2n) is 2.25. The first kappa shape index (κ1) is 6.71. The van der Waals surface area contributed by atoms with E-state index in [-0.39, 0.29) is 12.2 Å². The summed E-state index contributed by atoms with van der Waals surface area (Å²) in [5.74, 6) is 0. The molecule has 52 valence electrons. The SMILES string of the molecule is O=CCC1CC(O)CO1. The van der Waals surface area contributed by atoms with Crippen molar-refractivity contribution in [3.8, 4) is 0 Å². The zero-order chi connectivity index (χ0) is 6.69. The number of hydrogen-bond acceptors (Lipinski definition) is 3. The monoisotopic (exact) mass is 130 g/mol. The predicted molar refractivity (Wildman–Crippen MR) is 31.0 cm³/mol. The van der Waals surface area contributed by atoms with Gasteiger partial charge in [0.25, 0.3) is 0 Å². The highest BCUT2D eigenvalue weighted by atomic mass is 16.5. The van der Waals surface area contributed by atoms with E-state index in [4.69, 9.17) is 9.84 Å². The highest BCUT2D eigenvalue weighted by molar-refractivity contribution is 5.50. The van der Waals surface area contributed by atoms with Crippen LogP contribution in [0.25, 0.3) is 0 Å². The highest BCUT2D eigenvalue weighted by Gasteiger charge is 2.22. The zero-order valence-electron chi connectivity index (χ0n) is 5.12. The van der Waals surface area contributed by atoms with Crippen molar-refractivity contribution in [3.05, 3.63) is 0 Å². The van der Waals surface area contributed by atoms with Gasteiger partial charge in [0.1, 0.15) is 6.29 Å². The molecule has 1 N–H and O–H groups in total. The van der Waals surface area contributed by atoms with Crippen molar-refractivity contribution < 1.29 is 14.6 Å². The van der Waals surface area contributed by atoms with Gasteiger partial charge in [-0.1, -0.05) is 0 Å². The maximum absolute atomic E-state index is 9.91. The molecule has 1 rings (SSSR count). The molecule has 0 bridgehead atoms. The average molecular weight is 130 g/mol. The van der Waals surface area contributed by atoms with Gasteiger partial charge in [-0.2, -0.15) is 0 Å². The summed E-state index contributed by atoms with van der Waals surface area (Å²) in [6.07, 6.45) is 1.46. The van der Waals surface area contributed by atoms with E-state index in [1.54, 1.807) is 0 Å². The summed E-state index contributed by atoms with van der Waals surface area (Å²) in [4.78, 5) is 9.91. The minimum atomic E-state index is -0.352. The summed E-state index contributed by atoms with van der Waals surface area (Å²) >= 11 is 0. The molecule has 0 saturated carbocycles. The van der Waals surface area contributed by atoms with Crippen LogP contribution in [0, 0.1) is 0 Å². The molecule has 0 aromatic heterocycles. The molecule has 2 unspecified atom stereocenters. The third-order valence-corrected chi connectivity index (χ3v) is 1.42. The van der Waals surface area contributed by atoms with Crippen molar-refractivity contribution in [1.82, 2.24) is 0 Å². The van der Waals surface area contributed by atoms with Crippen molar-refractivity contribution in [2.45, 2.75) is 25.0 Å². The zero-order valence-corrected chi connectivity index (χ0v) is 5.12. The first-order chi connectivity index (χ1) is 4.33. The molecular formula is C6H10O3. The number of carbonyl (C=O) groups excluding carboxylic acids is 1. The maximum atomic E-state index is 9.91. The van der Waals surface area contributed by atoms with E-state index >= 15 is 0 Å². The number of aliphatic hydroxyl groups excluding tert-OH is 1. The van der Waals surface area contributed by atoms with Gasteiger partial charge in [-0.15, -0.1) is 0 Å². The van der Waals surface area contributed by atoms with E-state index in [1.165, 1.54) is 0 Å². The van der Waals surface area contributed by atoms with Crippen molar-refractivity contribution >= 4 is 6.29 Å². The van der Waals surface area contributed by atoms with Gasteiger partial charge in [0, 0.05) is 12.8 Å². The predicted octanol–water partition coefficient (Wildman–Crippen LogP) is -0.275. The van der Waals surface area contributed by atoms with Crippen LogP contribution in [-0.2, 0) is 9.53 Å². The van der Waals surface area contributed by atoms with Gasteiger partial charge in [-0.25, -0.2) is 0 Å². The van der Waals surface area contributed by atoms with E-state index < -0.39 is 0 Å². The van der Waals surface area contributed by atoms with Crippen LogP contribution < -0.4 is 0 Å². The molecule has 0 aromatic rings. The van der Waals surface area contributed by atoms with Crippen molar-refractivity contribution in [2.24, 2.45) is 0 Å². The lowest BCUT2D eigenvalue weighted by Crippen LogP contribution is -2.06. The first-order valence-electron chi connectivity index (χ1n) is 3.06. The molecule has 1 aliphatic rings. The van der Waals surface area contributed by atoms with Gasteiger partial charge in [-0.05, 0) is 0 Å². The fourth-order valence-corrected chi connectivity index (χ4v) is 0.958. The van der Waals surface area contributed by atoms with Crippen LogP contribution in [0.15, 0.2) is 0 Å². The van der Waals surface area contributed by atoms with Crippen LogP contribution in [0.2, 0.25) is 0 Å². The second kappa shape index (κ2) is 2.94. The summed E-state index contributed by atoms with van der Waals surface area (Å²) in [5, 5.41) is 8.89. The molecule has 9 heavy (non-hydrogen) atoms. The van der Waals surface area contributed by atoms with Gasteiger partial charge in [0.15, 0.2) is 0 Å². The minimum Gasteiger partial charge on any atom is -0.391 e.